The number of thiophene rings is 1. The van der Waals surface area contributed by atoms with Crippen molar-refractivity contribution in [1.82, 2.24) is 4.72 Å². The van der Waals surface area contributed by atoms with Crippen LogP contribution in [0.5, 0.6) is 0 Å². The van der Waals surface area contributed by atoms with Crippen LogP contribution in [0.4, 0.5) is 0 Å². The van der Waals surface area contributed by atoms with E-state index in [1.807, 2.05) is 0 Å². The Bertz CT molecular complexity index is 527. The number of sulfonamides is 1. The minimum absolute atomic E-state index is 0.0677. The highest BCUT2D eigenvalue weighted by Gasteiger charge is 2.28. The molecule has 0 aliphatic heterocycles. The minimum atomic E-state index is -3.43. The third-order valence-electron chi connectivity index (χ3n) is 3.21. The van der Waals surface area contributed by atoms with E-state index in [2.05, 4.69) is 27.6 Å². The lowest BCUT2D eigenvalue weighted by Crippen LogP contribution is -2.32. The van der Waals surface area contributed by atoms with Crippen molar-refractivity contribution in [2.75, 3.05) is 0 Å². The Morgan fingerprint density at radius 3 is 2.78 bits per heavy atom. The van der Waals surface area contributed by atoms with E-state index in [0.29, 0.717) is 21.1 Å². The van der Waals surface area contributed by atoms with Crippen molar-refractivity contribution < 1.29 is 8.42 Å². The molecular weight excluding hydrogens is 336 g/mol. The van der Waals surface area contributed by atoms with Crippen LogP contribution in [-0.2, 0) is 16.6 Å². The molecule has 18 heavy (non-hydrogen) atoms. The van der Waals surface area contributed by atoms with Gasteiger partial charge in [0.25, 0.3) is 0 Å². The lowest BCUT2D eigenvalue weighted by molar-refractivity contribution is 0.538. The molecule has 2 atom stereocenters. The maximum Gasteiger partial charge on any atom is 0.242 e. The van der Waals surface area contributed by atoms with Gasteiger partial charge in [0.05, 0.1) is 3.79 Å². The summed E-state index contributed by atoms with van der Waals surface area (Å²) in [6.07, 6.45) is 2.93. The van der Waals surface area contributed by atoms with Gasteiger partial charge < -0.3 is 5.73 Å². The summed E-state index contributed by atoms with van der Waals surface area (Å²) >= 11 is 4.67. The number of nitrogens with two attached hydrogens (primary N) is 1. The molecule has 1 fully saturated rings. The van der Waals surface area contributed by atoms with Crippen LogP contribution in [0.15, 0.2) is 14.7 Å². The first-order chi connectivity index (χ1) is 8.42. The number of hydrogen-bond donors (Lipinski definition) is 2. The molecule has 3 N–H and O–H groups in total. The second-order valence-electron chi connectivity index (χ2n) is 4.79. The van der Waals surface area contributed by atoms with Gasteiger partial charge in [-0.3, -0.25) is 0 Å². The molecule has 0 aromatic carbocycles. The first-order valence-corrected chi connectivity index (χ1v) is 9.02. The van der Waals surface area contributed by atoms with E-state index < -0.39 is 10.0 Å². The van der Waals surface area contributed by atoms with Crippen LogP contribution < -0.4 is 10.5 Å². The number of hydrogen-bond acceptors (Lipinski definition) is 4. The second kappa shape index (κ2) is 5.58. The smallest absolute Gasteiger partial charge is 0.242 e. The Labute approximate surface area is 120 Å². The first-order valence-electron chi connectivity index (χ1n) is 5.93. The SMILES string of the molecule is CC1CCC(NS(=O)(=O)c2cc(CN)sc2Br)C1. The van der Waals surface area contributed by atoms with E-state index in [1.165, 1.54) is 11.3 Å². The molecular formula is C11H17BrN2O2S2. The zero-order chi connectivity index (χ0) is 13.3. The average molecular weight is 353 g/mol. The first kappa shape index (κ1) is 14.5. The standard InChI is InChI=1S/C11H17BrN2O2S2/c1-7-2-3-8(4-7)14-18(15,16)10-5-9(6-13)17-11(10)12/h5,7-8,14H,2-4,6,13H2,1H3. The quantitative estimate of drug-likeness (QED) is 0.873. The van der Waals surface area contributed by atoms with E-state index in [-0.39, 0.29) is 6.04 Å². The molecule has 2 unspecified atom stereocenters. The van der Waals surface area contributed by atoms with Gasteiger partial charge in [-0.25, -0.2) is 13.1 Å². The molecule has 7 heteroatoms. The Kier molecular flexibility index (Phi) is 4.48. The molecule has 1 heterocycles. The zero-order valence-electron chi connectivity index (χ0n) is 10.1. The summed E-state index contributed by atoms with van der Waals surface area (Å²) in [7, 11) is -3.43. The number of rotatable bonds is 4. The van der Waals surface area contributed by atoms with Crippen LogP contribution in [0, 0.1) is 5.92 Å². The zero-order valence-corrected chi connectivity index (χ0v) is 13.4. The lowest BCUT2D eigenvalue weighted by atomic mass is 10.1. The Morgan fingerprint density at radius 1 is 1.56 bits per heavy atom. The maximum absolute atomic E-state index is 12.3. The fraction of sp³-hybridized carbons (Fsp3) is 0.636. The average Bonchev–Trinajstić information content (AvgIpc) is 2.84. The predicted molar refractivity (Wildman–Crippen MR) is 77.0 cm³/mol. The van der Waals surface area contributed by atoms with Crippen molar-refractivity contribution in [1.29, 1.82) is 0 Å². The van der Waals surface area contributed by atoms with Gasteiger partial charge in [0.1, 0.15) is 4.90 Å². The molecule has 0 spiro atoms. The van der Waals surface area contributed by atoms with Crippen LogP contribution >= 0.6 is 27.3 Å². The Balaban J connectivity index is 2.17. The van der Waals surface area contributed by atoms with Gasteiger partial charge in [-0.2, -0.15) is 0 Å². The summed E-state index contributed by atoms with van der Waals surface area (Å²) in [5.74, 6) is 0.600. The van der Waals surface area contributed by atoms with Crippen molar-refractivity contribution in [3.05, 3.63) is 14.7 Å². The minimum Gasteiger partial charge on any atom is -0.326 e. The van der Waals surface area contributed by atoms with Crippen molar-refractivity contribution in [2.24, 2.45) is 11.7 Å². The normalized spacial score (nSPS) is 24.6. The molecule has 0 bridgehead atoms. The van der Waals surface area contributed by atoms with Gasteiger partial charge in [0, 0.05) is 17.5 Å². The second-order valence-corrected chi connectivity index (χ2v) is 8.93. The van der Waals surface area contributed by atoms with Gasteiger partial charge >= 0.3 is 0 Å². The molecule has 1 aliphatic rings. The molecule has 1 saturated carbocycles. The Morgan fingerprint density at radius 2 is 2.28 bits per heavy atom. The van der Waals surface area contributed by atoms with Crippen LogP contribution in [0.3, 0.4) is 0 Å². The van der Waals surface area contributed by atoms with Crippen LogP contribution in [-0.4, -0.2) is 14.5 Å². The monoisotopic (exact) mass is 352 g/mol. The van der Waals surface area contributed by atoms with Crippen LogP contribution in [0.1, 0.15) is 31.1 Å². The third-order valence-corrected chi connectivity index (χ3v) is 7.01. The summed E-state index contributed by atoms with van der Waals surface area (Å²) in [5.41, 5.74) is 5.53. The highest BCUT2D eigenvalue weighted by molar-refractivity contribution is 9.11. The molecule has 1 aromatic rings. The van der Waals surface area contributed by atoms with E-state index in [1.54, 1.807) is 6.07 Å². The van der Waals surface area contributed by atoms with Crippen molar-refractivity contribution >= 4 is 37.3 Å². The molecule has 0 radical (unpaired) electrons. The molecule has 0 saturated heterocycles. The molecule has 0 amide bonds. The predicted octanol–water partition coefficient (Wildman–Crippen LogP) is 2.44. The summed E-state index contributed by atoms with van der Waals surface area (Å²) in [6.45, 7) is 2.51. The largest absolute Gasteiger partial charge is 0.326 e. The summed E-state index contributed by atoms with van der Waals surface area (Å²) in [5, 5.41) is 0. The summed E-state index contributed by atoms with van der Waals surface area (Å²) < 4.78 is 28.0. The molecule has 2 rings (SSSR count). The molecule has 4 nitrogen and oxygen atoms in total. The third kappa shape index (κ3) is 3.14. The van der Waals surface area contributed by atoms with E-state index in [9.17, 15) is 8.42 Å². The van der Waals surface area contributed by atoms with E-state index >= 15 is 0 Å². The van der Waals surface area contributed by atoms with Gasteiger partial charge in [0.2, 0.25) is 10.0 Å². The van der Waals surface area contributed by atoms with Crippen LogP contribution in [0.2, 0.25) is 0 Å². The van der Waals surface area contributed by atoms with Gasteiger partial charge in [-0.1, -0.05) is 6.92 Å². The summed E-state index contributed by atoms with van der Waals surface area (Å²) in [6, 6.07) is 1.72. The Hall–Kier alpha value is 0.0500. The van der Waals surface area contributed by atoms with Crippen molar-refractivity contribution in [3.8, 4) is 0 Å². The topological polar surface area (TPSA) is 72.2 Å². The maximum atomic E-state index is 12.3. The molecule has 1 aliphatic carbocycles. The fourth-order valence-electron chi connectivity index (χ4n) is 2.28. The molecule has 102 valence electrons. The number of halogens is 1. The van der Waals surface area contributed by atoms with Gasteiger partial charge in [-0.05, 0) is 47.2 Å². The van der Waals surface area contributed by atoms with Crippen molar-refractivity contribution in [3.63, 3.8) is 0 Å². The molecule has 1 aromatic heterocycles. The fourth-order valence-corrected chi connectivity index (χ4v) is 6.12. The van der Waals surface area contributed by atoms with Gasteiger partial charge in [-0.15, -0.1) is 11.3 Å². The van der Waals surface area contributed by atoms with E-state index in [4.69, 9.17) is 5.73 Å². The highest BCUT2D eigenvalue weighted by Crippen LogP contribution is 2.33. The lowest BCUT2D eigenvalue weighted by Gasteiger charge is -2.12. The highest BCUT2D eigenvalue weighted by atomic mass is 79.9. The van der Waals surface area contributed by atoms with Crippen molar-refractivity contribution in [2.45, 2.75) is 43.7 Å². The van der Waals surface area contributed by atoms with Crippen LogP contribution in [0.25, 0.3) is 0 Å². The summed E-state index contributed by atoms with van der Waals surface area (Å²) in [4.78, 5) is 1.18. The van der Waals surface area contributed by atoms with E-state index in [0.717, 1.165) is 24.1 Å². The number of nitrogens with one attached hydrogen (secondary N) is 1. The van der Waals surface area contributed by atoms with Gasteiger partial charge in [0.15, 0.2) is 0 Å².